The molecule has 5 heteroatoms. The summed E-state index contributed by atoms with van der Waals surface area (Å²) in [5.74, 6) is -0.303. The molecule has 0 amide bonds. The van der Waals surface area contributed by atoms with Gasteiger partial charge in [0, 0.05) is 5.56 Å². The topological polar surface area (TPSA) is 82.8 Å². The molecule has 1 saturated heterocycles. The number of nitriles is 1. The molecular formula is C14H15NO4. The predicted octanol–water partition coefficient (Wildman–Crippen LogP) is 1.31. The number of carbonyl (C=O) groups excluding carboxylic acids is 1. The summed E-state index contributed by atoms with van der Waals surface area (Å²) < 4.78 is 9.98. The smallest absolute Gasteiger partial charge is 0.310 e. The number of hydrogen-bond acceptors (Lipinski definition) is 5. The van der Waals surface area contributed by atoms with Crippen LogP contribution in [0.2, 0.25) is 0 Å². The fourth-order valence-corrected chi connectivity index (χ4v) is 1.89. The van der Waals surface area contributed by atoms with Gasteiger partial charge in [0.2, 0.25) is 0 Å². The van der Waals surface area contributed by atoms with Gasteiger partial charge in [-0.25, -0.2) is 0 Å². The van der Waals surface area contributed by atoms with E-state index in [-0.39, 0.29) is 30.9 Å². The molecular weight excluding hydrogens is 246 g/mol. The molecule has 1 aliphatic rings. The number of carbonyl (C=O) groups is 1. The second-order valence-corrected chi connectivity index (χ2v) is 4.38. The number of epoxide rings is 1. The highest BCUT2D eigenvalue weighted by Crippen LogP contribution is 2.25. The summed E-state index contributed by atoms with van der Waals surface area (Å²) in [7, 11) is 0. The van der Waals surface area contributed by atoms with E-state index < -0.39 is 0 Å². The molecule has 0 aromatic heterocycles. The third-order valence-electron chi connectivity index (χ3n) is 3.01. The minimum Gasteiger partial charge on any atom is -0.508 e. The number of ether oxygens (including phenoxy) is 2. The number of aromatic hydroxyl groups is 1. The average Bonchev–Trinajstić information content (AvgIpc) is 3.22. The summed E-state index contributed by atoms with van der Waals surface area (Å²) in [6, 6.07) is 5.14. The number of nitrogens with zero attached hydrogens (tertiary/aromatic N) is 1. The molecule has 19 heavy (non-hydrogen) atoms. The lowest BCUT2D eigenvalue weighted by Crippen LogP contribution is -2.13. The zero-order chi connectivity index (χ0) is 13.8. The minimum absolute atomic E-state index is 0.0306. The van der Waals surface area contributed by atoms with Crippen LogP contribution in [0.1, 0.15) is 23.6 Å². The highest BCUT2D eigenvalue weighted by molar-refractivity contribution is 5.74. The van der Waals surface area contributed by atoms with Crippen LogP contribution in [-0.4, -0.2) is 30.4 Å². The Bertz CT molecular complexity index is 529. The third-order valence-corrected chi connectivity index (χ3v) is 3.01. The lowest BCUT2D eigenvalue weighted by Gasteiger charge is -2.09. The Kier molecular flexibility index (Phi) is 4.03. The minimum atomic E-state index is -0.389. The number of hydrogen-bond donors (Lipinski definition) is 1. The average molecular weight is 261 g/mol. The van der Waals surface area contributed by atoms with Crippen LogP contribution in [0.3, 0.4) is 0 Å². The highest BCUT2D eigenvalue weighted by Gasteiger charge is 2.24. The van der Waals surface area contributed by atoms with E-state index in [4.69, 9.17) is 14.7 Å². The first-order valence-electron chi connectivity index (χ1n) is 6.16. The summed E-state index contributed by atoms with van der Waals surface area (Å²) in [6.07, 6.45) is 0.599. The molecule has 1 fully saturated rings. The van der Waals surface area contributed by atoms with Crippen molar-refractivity contribution in [2.45, 2.75) is 25.9 Å². The summed E-state index contributed by atoms with van der Waals surface area (Å²) in [5.41, 5.74) is 1.51. The fourth-order valence-electron chi connectivity index (χ4n) is 1.89. The Morgan fingerprint density at radius 1 is 1.63 bits per heavy atom. The van der Waals surface area contributed by atoms with E-state index in [1.807, 2.05) is 13.0 Å². The van der Waals surface area contributed by atoms with E-state index in [9.17, 15) is 9.90 Å². The highest BCUT2D eigenvalue weighted by atomic mass is 16.6. The molecule has 1 aromatic rings. The zero-order valence-corrected chi connectivity index (χ0v) is 10.7. The fraction of sp³-hybridized carbons (Fsp3) is 0.429. The summed E-state index contributed by atoms with van der Waals surface area (Å²) in [6.45, 7) is 2.75. The van der Waals surface area contributed by atoms with Crippen LogP contribution in [-0.2, 0) is 27.1 Å². The van der Waals surface area contributed by atoms with Crippen molar-refractivity contribution >= 4 is 5.97 Å². The molecule has 0 spiro atoms. The summed E-state index contributed by atoms with van der Waals surface area (Å²) in [4.78, 5) is 11.6. The Labute approximate surface area is 111 Å². The molecule has 0 saturated carbocycles. The number of benzene rings is 1. The Balaban J connectivity index is 2.10. The number of rotatable bonds is 5. The van der Waals surface area contributed by atoms with E-state index >= 15 is 0 Å². The maximum Gasteiger partial charge on any atom is 0.310 e. The van der Waals surface area contributed by atoms with Crippen molar-refractivity contribution in [3.8, 4) is 11.8 Å². The quantitative estimate of drug-likeness (QED) is 0.638. The van der Waals surface area contributed by atoms with E-state index in [1.54, 1.807) is 6.07 Å². The first-order chi connectivity index (χ1) is 9.15. The second kappa shape index (κ2) is 5.72. The van der Waals surface area contributed by atoms with Gasteiger partial charge in [-0.15, -0.1) is 0 Å². The molecule has 1 aromatic carbocycles. The van der Waals surface area contributed by atoms with Gasteiger partial charge in [-0.05, 0) is 18.1 Å². The van der Waals surface area contributed by atoms with Crippen molar-refractivity contribution in [2.75, 3.05) is 13.2 Å². The van der Waals surface area contributed by atoms with Crippen molar-refractivity contribution in [1.82, 2.24) is 0 Å². The zero-order valence-electron chi connectivity index (χ0n) is 10.7. The first-order valence-corrected chi connectivity index (χ1v) is 6.16. The molecule has 1 unspecified atom stereocenters. The van der Waals surface area contributed by atoms with Crippen molar-refractivity contribution in [2.24, 2.45) is 0 Å². The van der Waals surface area contributed by atoms with E-state index in [2.05, 4.69) is 0 Å². The number of esters is 1. The second-order valence-electron chi connectivity index (χ2n) is 4.38. The molecule has 1 heterocycles. The van der Waals surface area contributed by atoms with Crippen LogP contribution in [0, 0.1) is 11.3 Å². The number of phenolic OH excluding ortho intramolecular Hbond substituents is 1. The van der Waals surface area contributed by atoms with Crippen molar-refractivity contribution in [3.63, 3.8) is 0 Å². The van der Waals surface area contributed by atoms with E-state index in [1.165, 1.54) is 6.07 Å². The Morgan fingerprint density at radius 3 is 2.95 bits per heavy atom. The van der Waals surface area contributed by atoms with Crippen LogP contribution in [0.15, 0.2) is 12.1 Å². The molecule has 5 nitrogen and oxygen atoms in total. The largest absolute Gasteiger partial charge is 0.508 e. The maximum absolute atomic E-state index is 11.6. The van der Waals surface area contributed by atoms with Gasteiger partial charge in [0.1, 0.15) is 18.5 Å². The lowest BCUT2D eigenvalue weighted by atomic mass is 9.97. The SMILES string of the molecule is CCc1c(O)ccc(CC(=O)OCC2CO2)c1C#N. The summed E-state index contributed by atoms with van der Waals surface area (Å²) in [5, 5.41) is 18.8. The van der Waals surface area contributed by atoms with E-state index in [0.717, 1.165) is 0 Å². The van der Waals surface area contributed by atoms with Gasteiger partial charge in [0.05, 0.1) is 24.7 Å². The third kappa shape index (κ3) is 3.24. The maximum atomic E-state index is 11.6. The van der Waals surface area contributed by atoms with Crippen molar-refractivity contribution < 1.29 is 19.4 Å². The van der Waals surface area contributed by atoms with Crippen LogP contribution in [0.5, 0.6) is 5.75 Å². The Morgan fingerprint density at radius 2 is 2.37 bits per heavy atom. The normalized spacial score (nSPS) is 16.7. The molecule has 1 N–H and O–H groups in total. The molecule has 0 aliphatic carbocycles. The first kappa shape index (κ1) is 13.4. The predicted molar refractivity (Wildman–Crippen MR) is 66.6 cm³/mol. The standard InChI is InChI=1S/C14H15NO4/c1-2-11-12(6-15)9(3-4-13(11)16)5-14(17)19-8-10-7-18-10/h3-4,10,16H,2,5,7-8H2,1H3. The van der Waals surface area contributed by atoms with Crippen LogP contribution in [0.25, 0.3) is 0 Å². The van der Waals surface area contributed by atoms with Crippen molar-refractivity contribution in [3.05, 3.63) is 28.8 Å². The molecule has 0 radical (unpaired) electrons. The molecule has 2 rings (SSSR count). The molecule has 100 valence electrons. The van der Waals surface area contributed by atoms with Crippen LogP contribution >= 0.6 is 0 Å². The molecule has 1 atom stereocenters. The van der Waals surface area contributed by atoms with Gasteiger partial charge in [0.15, 0.2) is 0 Å². The van der Waals surface area contributed by atoms with Gasteiger partial charge in [-0.1, -0.05) is 13.0 Å². The summed E-state index contributed by atoms with van der Waals surface area (Å²) >= 11 is 0. The van der Waals surface area contributed by atoms with Crippen LogP contribution < -0.4 is 0 Å². The van der Waals surface area contributed by atoms with E-state index in [0.29, 0.717) is 29.7 Å². The van der Waals surface area contributed by atoms with Crippen LogP contribution in [0.4, 0.5) is 0 Å². The molecule has 1 aliphatic heterocycles. The van der Waals surface area contributed by atoms with Gasteiger partial charge in [-0.3, -0.25) is 4.79 Å². The van der Waals surface area contributed by atoms with Gasteiger partial charge >= 0.3 is 5.97 Å². The van der Waals surface area contributed by atoms with Crippen molar-refractivity contribution in [1.29, 1.82) is 5.26 Å². The molecule has 0 bridgehead atoms. The van der Waals surface area contributed by atoms with Gasteiger partial charge in [0.25, 0.3) is 0 Å². The Hall–Kier alpha value is -2.06. The lowest BCUT2D eigenvalue weighted by molar-refractivity contribution is -0.143. The monoisotopic (exact) mass is 261 g/mol. The van der Waals surface area contributed by atoms with Gasteiger partial charge < -0.3 is 14.6 Å². The van der Waals surface area contributed by atoms with Gasteiger partial charge in [-0.2, -0.15) is 5.26 Å². The number of phenols is 1.